The van der Waals surface area contributed by atoms with Gasteiger partial charge in [0.2, 0.25) is 5.91 Å². The molecular formula is C10H20N2O. The second kappa shape index (κ2) is 5.97. The smallest absolute Gasteiger partial charge is 0.220 e. The average Bonchev–Trinajstić information content (AvgIpc) is 2.14. The SMILES string of the molecule is NC(=O)C1CCCCNCCCC1. The minimum absolute atomic E-state index is 0.103. The van der Waals surface area contributed by atoms with Crippen molar-refractivity contribution in [2.24, 2.45) is 11.7 Å². The predicted molar refractivity (Wildman–Crippen MR) is 53.3 cm³/mol. The molecule has 0 radical (unpaired) electrons. The third kappa shape index (κ3) is 4.27. The molecule has 0 spiro atoms. The lowest BCUT2D eigenvalue weighted by molar-refractivity contribution is -0.122. The van der Waals surface area contributed by atoms with E-state index in [9.17, 15) is 4.79 Å². The van der Waals surface area contributed by atoms with Gasteiger partial charge in [0.25, 0.3) is 0 Å². The highest BCUT2D eigenvalue weighted by Gasteiger charge is 2.14. The van der Waals surface area contributed by atoms with Gasteiger partial charge in [0, 0.05) is 5.92 Å². The summed E-state index contributed by atoms with van der Waals surface area (Å²) in [6, 6.07) is 0. The van der Waals surface area contributed by atoms with Crippen molar-refractivity contribution in [3.63, 3.8) is 0 Å². The Bertz CT molecular complexity index is 149. The zero-order valence-electron chi connectivity index (χ0n) is 8.22. The third-order valence-electron chi connectivity index (χ3n) is 2.71. The summed E-state index contributed by atoms with van der Waals surface area (Å²) in [5.74, 6) is 0.0339. The van der Waals surface area contributed by atoms with Gasteiger partial charge < -0.3 is 11.1 Å². The molecule has 1 saturated heterocycles. The van der Waals surface area contributed by atoms with Crippen LogP contribution in [0.5, 0.6) is 0 Å². The van der Waals surface area contributed by atoms with Crippen molar-refractivity contribution in [3.05, 3.63) is 0 Å². The highest BCUT2D eigenvalue weighted by Crippen LogP contribution is 2.16. The van der Waals surface area contributed by atoms with E-state index in [4.69, 9.17) is 5.73 Å². The van der Waals surface area contributed by atoms with Gasteiger partial charge in [-0.1, -0.05) is 12.8 Å². The summed E-state index contributed by atoms with van der Waals surface area (Å²) in [7, 11) is 0. The highest BCUT2D eigenvalue weighted by atomic mass is 16.1. The summed E-state index contributed by atoms with van der Waals surface area (Å²) >= 11 is 0. The van der Waals surface area contributed by atoms with Crippen molar-refractivity contribution in [2.45, 2.75) is 38.5 Å². The number of hydrogen-bond donors (Lipinski definition) is 2. The summed E-state index contributed by atoms with van der Waals surface area (Å²) in [5.41, 5.74) is 5.32. The van der Waals surface area contributed by atoms with Gasteiger partial charge >= 0.3 is 0 Å². The molecule has 1 heterocycles. The van der Waals surface area contributed by atoms with Gasteiger partial charge in [0.15, 0.2) is 0 Å². The Morgan fingerprint density at radius 1 is 1.08 bits per heavy atom. The van der Waals surface area contributed by atoms with Crippen LogP contribution in [0.4, 0.5) is 0 Å². The lowest BCUT2D eigenvalue weighted by Gasteiger charge is -2.15. The van der Waals surface area contributed by atoms with Crippen LogP contribution in [-0.2, 0) is 4.79 Å². The lowest BCUT2D eigenvalue weighted by Crippen LogP contribution is -2.25. The maximum atomic E-state index is 11.0. The van der Waals surface area contributed by atoms with Gasteiger partial charge in [0.05, 0.1) is 0 Å². The van der Waals surface area contributed by atoms with Crippen molar-refractivity contribution in [1.82, 2.24) is 5.32 Å². The highest BCUT2D eigenvalue weighted by molar-refractivity contribution is 5.76. The molecule has 0 aromatic carbocycles. The Balaban J connectivity index is 2.30. The third-order valence-corrected chi connectivity index (χ3v) is 2.71. The van der Waals surface area contributed by atoms with E-state index in [0.717, 1.165) is 38.8 Å². The second-order valence-electron chi connectivity index (χ2n) is 3.84. The topological polar surface area (TPSA) is 55.1 Å². The summed E-state index contributed by atoms with van der Waals surface area (Å²) in [5, 5.41) is 3.38. The van der Waals surface area contributed by atoms with Crippen LogP contribution in [0, 0.1) is 5.92 Å². The van der Waals surface area contributed by atoms with Crippen molar-refractivity contribution < 1.29 is 4.79 Å². The minimum Gasteiger partial charge on any atom is -0.369 e. The molecule has 0 bridgehead atoms. The van der Waals surface area contributed by atoms with E-state index in [1.54, 1.807) is 0 Å². The second-order valence-corrected chi connectivity index (χ2v) is 3.84. The average molecular weight is 184 g/mol. The number of nitrogens with two attached hydrogens (primary N) is 1. The molecule has 1 aliphatic heterocycles. The number of rotatable bonds is 1. The quantitative estimate of drug-likeness (QED) is 0.639. The van der Waals surface area contributed by atoms with Crippen LogP contribution in [0.15, 0.2) is 0 Å². The first-order valence-electron chi connectivity index (χ1n) is 5.31. The fourth-order valence-corrected chi connectivity index (χ4v) is 1.84. The van der Waals surface area contributed by atoms with E-state index in [-0.39, 0.29) is 11.8 Å². The first-order valence-corrected chi connectivity index (χ1v) is 5.31. The monoisotopic (exact) mass is 184 g/mol. The molecule has 1 fully saturated rings. The van der Waals surface area contributed by atoms with Crippen molar-refractivity contribution in [3.8, 4) is 0 Å². The van der Waals surface area contributed by atoms with Crippen LogP contribution in [0.3, 0.4) is 0 Å². The van der Waals surface area contributed by atoms with Crippen LogP contribution >= 0.6 is 0 Å². The molecule has 1 rings (SSSR count). The van der Waals surface area contributed by atoms with Gasteiger partial charge in [-0.05, 0) is 38.8 Å². The van der Waals surface area contributed by atoms with Gasteiger partial charge in [-0.25, -0.2) is 0 Å². The van der Waals surface area contributed by atoms with Crippen molar-refractivity contribution in [1.29, 1.82) is 0 Å². The fraction of sp³-hybridized carbons (Fsp3) is 0.900. The standard InChI is InChI=1S/C10H20N2O/c11-10(13)9-5-1-3-7-12-8-4-2-6-9/h9,12H,1-8H2,(H2,11,13). The van der Waals surface area contributed by atoms with Crippen LogP contribution in [0.1, 0.15) is 38.5 Å². The number of carbonyl (C=O) groups is 1. The molecule has 0 aromatic rings. The molecule has 3 heteroatoms. The van der Waals surface area contributed by atoms with E-state index in [1.165, 1.54) is 12.8 Å². The van der Waals surface area contributed by atoms with E-state index >= 15 is 0 Å². The van der Waals surface area contributed by atoms with Crippen LogP contribution in [0.2, 0.25) is 0 Å². The molecule has 0 saturated carbocycles. The Morgan fingerprint density at radius 3 is 2.08 bits per heavy atom. The number of nitrogens with one attached hydrogen (secondary N) is 1. The molecule has 1 aliphatic rings. The Kier molecular flexibility index (Phi) is 4.83. The zero-order chi connectivity index (χ0) is 9.52. The first-order chi connectivity index (χ1) is 6.30. The first kappa shape index (κ1) is 10.5. The molecule has 0 aromatic heterocycles. The maximum absolute atomic E-state index is 11.0. The van der Waals surface area contributed by atoms with Gasteiger partial charge in [-0.3, -0.25) is 4.79 Å². The lowest BCUT2D eigenvalue weighted by atomic mass is 9.94. The summed E-state index contributed by atoms with van der Waals surface area (Å²) in [4.78, 5) is 11.0. The Labute approximate surface area is 80.1 Å². The van der Waals surface area contributed by atoms with Crippen molar-refractivity contribution in [2.75, 3.05) is 13.1 Å². The summed E-state index contributed by atoms with van der Waals surface area (Å²) < 4.78 is 0. The van der Waals surface area contributed by atoms with Crippen molar-refractivity contribution >= 4 is 5.91 Å². The minimum atomic E-state index is -0.103. The van der Waals surface area contributed by atoms with E-state index < -0.39 is 0 Å². The molecule has 0 unspecified atom stereocenters. The van der Waals surface area contributed by atoms with Crippen LogP contribution in [-0.4, -0.2) is 19.0 Å². The molecule has 76 valence electrons. The molecule has 0 atom stereocenters. The number of hydrogen-bond acceptors (Lipinski definition) is 2. The van der Waals surface area contributed by atoms with Crippen LogP contribution < -0.4 is 11.1 Å². The number of primary amides is 1. The molecule has 3 N–H and O–H groups in total. The predicted octanol–water partition coefficient (Wildman–Crippen LogP) is 1.03. The van der Waals surface area contributed by atoms with Crippen LogP contribution in [0.25, 0.3) is 0 Å². The normalized spacial score (nSPS) is 22.5. The fourth-order valence-electron chi connectivity index (χ4n) is 1.84. The molecule has 13 heavy (non-hydrogen) atoms. The van der Waals surface area contributed by atoms with E-state index in [0.29, 0.717) is 0 Å². The van der Waals surface area contributed by atoms with E-state index in [1.807, 2.05) is 0 Å². The molecule has 0 aliphatic carbocycles. The summed E-state index contributed by atoms with van der Waals surface area (Å²) in [6.07, 6.45) is 6.56. The molecule has 3 nitrogen and oxygen atoms in total. The largest absolute Gasteiger partial charge is 0.369 e. The number of carbonyl (C=O) groups excluding carboxylic acids is 1. The Morgan fingerprint density at radius 2 is 1.62 bits per heavy atom. The Hall–Kier alpha value is -0.570. The summed E-state index contributed by atoms with van der Waals surface area (Å²) in [6.45, 7) is 2.18. The molecule has 1 amide bonds. The number of amides is 1. The van der Waals surface area contributed by atoms with Gasteiger partial charge in [-0.15, -0.1) is 0 Å². The van der Waals surface area contributed by atoms with Gasteiger partial charge in [-0.2, -0.15) is 0 Å². The van der Waals surface area contributed by atoms with E-state index in [2.05, 4.69) is 5.32 Å². The zero-order valence-corrected chi connectivity index (χ0v) is 8.22. The molecular weight excluding hydrogens is 164 g/mol. The van der Waals surface area contributed by atoms with Gasteiger partial charge in [0.1, 0.15) is 0 Å². The maximum Gasteiger partial charge on any atom is 0.220 e.